The molecule has 0 saturated heterocycles. The standard InChI is InChI=1S/C11H4Cl3F3N2/c12-5-1-2-7(13)6(3-5)8-4-9(14)19-10(18-8)11(15,16)17/h1-4H. The Morgan fingerprint density at radius 3 is 2.26 bits per heavy atom. The fourth-order valence-electron chi connectivity index (χ4n) is 1.38. The summed E-state index contributed by atoms with van der Waals surface area (Å²) in [5, 5.41) is 0.211. The van der Waals surface area contributed by atoms with Crippen molar-refractivity contribution in [2.75, 3.05) is 0 Å². The van der Waals surface area contributed by atoms with Crippen LogP contribution in [-0.4, -0.2) is 9.97 Å². The molecule has 1 heterocycles. The summed E-state index contributed by atoms with van der Waals surface area (Å²) in [5.41, 5.74) is 0.212. The summed E-state index contributed by atoms with van der Waals surface area (Å²) in [7, 11) is 0. The van der Waals surface area contributed by atoms with E-state index < -0.39 is 12.0 Å². The summed E-state index contributed by atoms with van der Waals surface area (Å²) >= 11 is 17.3. The Hall–Kier alpha value is -1.04. The molecule has 0 bridgehead atoms. The monoisotopic (exact) mass is 326 g/mol. The van der Waals surface area contributed by atoms with Crippen LogP contribution in [0.2, 0.25) is 15.2 Å². The van der Waals surface area contributed by atoms with Crippen LogP contribution in [0.25, 0.3) is 11.3 Å². The predicted octanol–water partition coefficient (Wildman–Crippen LogP) is 5.12. The van der Waals surface area contributed by atoms with E-state index >= 15 is 0 Å². The lowest BCUT2D eigenvalue weighted by Gasteiger charge is -2.09. The van der Waals surface area contributed by atoms with Crippen LogP contribution >= 0.6 is 34.8 Å². The number of benzene rings is 1. The lowest BCUT2D eigenvalue weighted by molar-refractivity contribution is -0.144. The van der Waals surface area contributed by atoms with Crippen LogP contribution in [0.1, 0.15) is 5.82 Å². The SMILES string of the molecule is FC(F)(F)c1nc(Cl)cc(-c2cc(Cl)ccc2Cl)n1. The van der Waals surface area contributed by atoms with Gasteiger partial charge in [-0.15, -0.1) is 0 Å². The Morgan fingerprint density at radius 1 is 0.947 bits per heavy atom. The molecular formula is C11H4Cl3F3N2. The highest BCUT2D eigenvalue weighted by atomic mass is 35.5. The zero-order chi connectivity index (χ0) is 14.2. The Balaban J connectivity index is 2.63. The first kappa shape index (κ1) is 14.4. The van der Waals surface area contributed by atoms with Crippen molar-refractivity contribution in [2.24, 2.45) is 0 Å². The molecule has 0 saturated carbocycles. The van der Waals surface area contributed by atoms with Crippen molar-refractivity contribution in [1.82, 2.24) is 9.97 Å². The fourth-order valence-corrected chi connectivity index (χ4v) is 1.95. The van der Waals surface area contributed by atoms with E-state index in [4.69, 9.17) is 34.8 Å². The van der Waals surface area contributed by atoms with Crippen LogP contribution in [0.3, 0.4) is 0 Å². The van der Waals surface area contributed by atoms with E-state index in [1.807, 2.05) is 0 Å². The third-order valence-corrected chi connectivity index (χ3v) is 2.91. The second-order valence-electron chi connectivity index (χ2n) is 3.52. The predicted molar refractivity (Wildman–Crippen MR) is 67.5 cm³/mol. The summed E-state index contributed by atoms with van der Waals surface area (Å²) < 4.78 is 37.8. The summed E-state index contributed by atoms with van der Waals surface area (Å²) in [5.74, 6) is -1.33. The van der Waals surface area contributed by atoms with Gasteiger partial charge in [-0.25, -0.2) is 9.97 Å². The molecule has 0 aliphatic carbocycles. The molecule has 2 rings (SSSR count). The quantitative estimate of drug-likeness (QED) is 0.679. The molecule has 0 aliphatic heterocycles. The van der Waals surface area contributed by atoms with E-state index in [0.29, 0.717) is 5.02 Å². The van der Waals surface area contributed by atoms with Crippen molar-refractivity contribution in [2.45, 2.75) is 6.18 Å². The topological polar surface area (TPSA) is 25.8 Å². The number of hydrogen-bond donors (Lipinski definition) is 0. The van der Waals surface area contributed by atoms with Gasteiger partial charge in [0.05, 0.1) is 10.7 Å². The molecule has 0 N–H and O–H groups in total. The number of halogens is 6. The van der Waals surface area contributed by atoms with Crippen LogP contribution in [0.15, 0.2) is 24.3 Å². The van der Waals surface area contributed by atoms with Crippen molar-refractivity contribution >= 4 is 34.8 Å². The van der Waals surface area contributed by atoms with Crippen LogP contribution < -0.4 is 0 Å². The third-order valence-electron chi connectivity index (χ3n) is 2.15. The summed E-state index contributed by atoms with van der Waals surface area (Å²) in [6.07, 6.45) is -4.69. The first-order valence-electron chi connectivity index (χ1n) is 4.84. The van der Waals surface area contributed by atoms with E-state index in [2.05, 4.69) is 9.97 Å². The van der Waals surface area contributed by atoms with E-state index in [0.717, 1.165) is 0 Å². The molecule has 2 aromatic rings. The molecule has 0 unspecified atom stereocenters. The minimum atomic E-state index is -4.69. The second-order valence-corrected chi connectivity index (χ2v) is 4.75. The number of aromatic nitrogens is 2. The van der Waals surface area contributed by atoms with Gasteiger partial charge in [-0.3, -0.25) is 0 Å². The van der Waals surface area contributed by atoms with Crippen LogP contribution in [0, 0.1) is 0 Å². The van der Waals surface area contributed by atoms with Crippen molar-refractivity contribution in [3.8, 4) is 11.3 Å². The maximum Gasteiger partial charge on any atom is 0.451 e. The highest BCUT2D eigenvalue weighted by Gasteiger charge is 2.35. The Labute approximate surface area is 121 Å². The first-order chi connectivity index (χ1) is 8.77. The van der Waals surface area contributed by atoms with E-state index in [1.165, 1.54) is 24.3 Å². The van der Waals surface area contributed by atoms with Crippen molar-refractivity contribution < 1.29 is 13.2 Å². The fraction of sp³-hybridized carbons (Fsp3) is 0.0909. The molecule has 1 aromatic carbocycles. The van der Waals surface area contributed by atoms with Gasteiger partial charge in [-0.1, -0.05) is 34.8 Å². The second kappa shape index (κ2) is 5.15. The van der Waals surface area contributed by atoms with Crippen molar-refractivity contribution in [1.29, 1.82) is 0 Å². The minimum Gasteiger partial charge on any atom is -0.224 e. The maximum atomic E-state index is 12.6. The zero-order valence-electron chi connectivity index (χ0n) is 8.97. The summed E-state index contributed by atoms with van der Waals surface area (Å²) in [6.45, 7) is 0. The summed E-state index contributed by atoms with van der Waals surface area (Å²) in [4.78, 5) is 6.55. The lowest BCUT2D eigenvalue weighted by atomic mass is 10.1. The highest BCUT2D eigenvalue weighted by Crippen LogP contribution is 2.33. The number of alkyl halides is 3. The average Bonchev–Trinajstić information content (AvgIpc) is 2.30. The smallest absolute Gasteiger partial charge is 0.224 e. The van der Waals surface area contributed by atoms with Crippen LogP contribution in [0.5, 0.6) is 0 Å². The molecule has 0 radical (unpaired) electrons. The molecule has 100 valence electrons. The van der Waals surface area contributed by atoms with E-state index in [1.54, 1.807) is 0 Å². The molecule has 0 atom stereocenters. The first-order valence-corrected chi connectivity index (χ1v) is 5.98. The van der Waals surface area contributed by atoms with Gasteiger partial charge in [-0.05, 0) is 18.2 Å². The molecule has 0 amide bonds. The zero-order valence-corrected chi connectivity index (χ0v) is 11.2. The highest BCUT2D eigenvalue weighted by molar-refractivity contribution is 6.35. The van der Waals surface area contributed by atoms with Crippen LogP contribution in [0.4, 0.5) is 13.2 Å². The number of nitrogens with zero attached hydrogens (tertiary/aromatic N) is 2. The largest absolute Gasteiger partial charge is 0.451 e. The Morgan fingerprint density at radius 2 is 1.63 bits per heavy atom. The van der Waals surface area contributed by atoms with Crippen molar-refractivity contribution in [3.05, 3.63) is 45.3 Å². The van der Waals surface area contributed by atoms with Gasteiger partial charge < -0.3 is 0 Å². The molecule has 8 heteroatoms. The number of rotatable bonds is 1. The van der Waals surface area contributed by atoms with Gasteiger partial charge in [0.15, 0.2) is 0 Å². The average molecular weight is 328 g/mol. The van der Waals surface area contributed by atoms with Gasteiger partial charge in [0.2, 0.25) is 5.82 Å². The minimum absolute atomic E-state index is 0.0418. The molecule has 2 nitrogen and oxygen atoms in total. The van der Waals surface area contributed by atoms with Gasteiger partial charge >= 0.3 is 6.18 Å². The number of hydrogen-bond acceptors (Lipinski definition) is 2. The van der Waals surface area contributed by atoms with Crippen molar-refractivity contribution in [3.63, 3.8) is 0 Å². The molecule has 1 aromatic heterocycles. The molecular weight excluding hydrogens is 323 g/mol. The molecule has 0 fully saturated rings. The van der Waals surface area contributed by atoms with Crippen LogP contribution in [-0.2, 0) is 6.18 Å². The van der Waals surface area contributed by atoms with Gasteiger partial charge in [0.1, 0.15) is 5.15 Å². The Kier molecular flexibility index (Phi) is 3.90. The normalized spacial score (nSPS) is 11.7. The van der Waals surface area contributed by atoms with E-state index in [9.17, 15) is 13.2 Å². The summed E-state index contributed by atoms with van der Waals surface area (Å²) in [6, 6.07) is 5.57. The lowest BCUT2D eigenvalue weighted by Crippen LogP contribution is -2.11. The Bertz CT molecular complexity index is 629. The van der Waals surface area contributed by atoms with Gasteiger partial charge in [0, 0.05) is 16.7 Å². The maximum absolute atomic E-state index is 12.6. The molecule has 0 aliphatic rings. The van der Waals surface area contributed by atoms with Gasteiger partial charge in [-0.2, -0.15) is 13.2 Å². The van der Waals surface area contributed by atoms with E-state index in [-0.39, 0.29) is 21.4 Å². The molecule has 0 spiro atoms. The molecule has 19 heavy (non-hydrogen) atoms. The third kappa shape index (κ3) is 3.29. The van der Waals surface area contributed by atoms with Gasteiger partial charge in [0.25, 0.3) is 0 Å².